The fourth-order valence-electron chi connectivity index (χ4n) is 0.985. The average Bonchev–Trinajstić information content (AvgIpc) is 2.09. The second kappa shape index (κ2) is 8.97. The number of carboxylic acid groups (broad SMARTS) is 1. The molecule has 0 fully saturated rings. The number of allylic oxidation sites excluding steroid dienone is 2. The molecule has 0 spiro atoms. The van der Waals surface area contributed by atoms with Gasteiger partial charge in [0.1, 0.15) is 6.29 Å². The van der Waals surface area contributed by atoms with Crippen LogP contribution < -0.4 is 0 Å². The molecule has 3 heteroatoms. The van der Waals surface area contributed by atoms with Gasteiger partial charge in [0.2, 0.25) is 0 Å². The average molecular weight is 184 g/mol. The van der Waals surface area contributed by atoms with E-state index in [1.165, 1.54) is 0 Å². The third-order valence-electron chi connectivity index (χ3n) is 1.66. The summed E-state index contributed by atoms with van der Waals surface area (Å²) in [5.74, 6) is -0.725. The van der Waals surface area contributed by atoms with Gasteiger partial charge in [-0.1, -0.05) is 18.6 Å². The number of unbranched alkanes of at least 4 members (excludes halogenated alkanes) is 3. The van der Waals surface area contributed by atoms with E-state index in [0.29, 0.717) is 6.42 Å². The van der Waals surface area contributed by atoms with Crippen LogP contribution in [-0.2, 0) is 9.59 Å². The van der Waals surface area contributed by atoms with E-state index in [4.69, 9.17) is 5.11 Å². The summed E-state index contributed by atoms with van der Waals surface area (Å²) < 4.78 is 0. The van der Waals surface area contributed by atoms with E-state index in [1.807, 2.05) is 12.2 Å². The first-order valence-electron chi connectivity index (χ1n) is 4.58. The van der Waals surface area contributed by atoms with Crippen molar-refractivity contribution in [1.29, 1.82) is 0 Å². The summed E-state index contributed by atoms with van der Waals surface area (Å²) in [7, 11) is 0. The van der Waals surface area contributed by atoms with E-state index in [0.717, 1.165) is 32.0 Å². The summed E-state index contributed by atoms with van der Waals surface area (Å²) in [6, 6.07) is 0. The number of hydrogen-bond donors (Lipinski definition) is 1. The molecule has 0 aromatic carbocycles. The fraction of sp³-hybridized carbons (Fsp3) is 0.600. The topological polar surface area (TPSA) is 54.4 Å². The second-order valence-electron chi connectivity index (χ2n) is 2.87. The number of carbonyl (C=O) groups excluding carboxylic acids is 1. The SMILES string of the molecule is O=CCC=CCCCCCC(=O)O. The molecular weight excluding hydrogens is 168 g/mol. The zero-order valence-electron chi connectivity index (χ0n) is 7.74. The van der Waals surface area contributed by atoms with Gasteiger partial charge < -0.3 is 9.90 Å². The van der Waals surface area contributed by atoms with Crippen LogP contribution in [0.3, 0.4) is 0 Å². The van der Waals surface area contributed by atoms with Crippen LogP contribution >= 0.6 is 0 Å². The molecule has 3 nitrogen and oxygen atoms in total. The molecule has 1 N–H and O–H groups in total. The minimum atomic E-state index is -0.725. The van der Waals surface area contributed by atoms with E-state index in [2.05, 4.69) is 0 Å². The van der Waals surface area contributed by atoms with Gasteiger partial charge in [0, 0.05) is 12.8 Å². The summed E-state index contributed by atoms with van der Waals surface area (Å²) in [5, 5.41) is 8.33. The van der Waals surface area contributed by atoms with Crippen LogP contribution in [0, 0.1) is 0 Å². The molecule has 0 saturated carbocycles. The van der Waals surface area contributed by atoms with Gasteiger partial charge in [-0.15, -0.1) is 0 Å². The number of aldehydes is 1. The minimum Gasteiger partial charge on any atom is -0.481 e. The molecule has 13 heavy (non-hydrogen) atoms. The Bertz CT molecular complexity index is 173. The Kier molecular flexibility index (Phi) is 8.20. The number of rotatable bonds is 8. The molecule has 74 valence electrons. The number of aliphatic carboxylic acids is 1. The van der Waals surface area contributed by atoms with Crippen molar-refractivity contribution in [2.45, 2.75) is 38.5 Å². The lowest BCUT2D eigenvalue weighted by Crippen LogP contribution is -1.93. The minimum absolute atomic E-state index is 0.262. The van der Waals surface area contributed by atoms with Gasteiger partial charge in [-0.3, -0.25) is 4.79 Å². The maximum absolute atomic E-state index is 10.1. The molecule has 0 amide bonds. The van der Waals surface area contributed by atoms with Gasteiger partial charge in [0.05, 0.1) is 0 Å². The summed E-state index contributed by atoms with van der Waals surface area (Å²) in [6.07, 6.45) is 9.04. The normalized spacial score (nSPS) is 10.5. The Balaban J connectivity index is 3.07. The molecule has 0 aliphatic heterocycles. The summed E-state index contributed by atoms with van der Waals surface area (Å²) >= 11 is 0. The maximum atomic E-state index is 10.1. The first kappa shape index (κ1) is 11.9. The molecule has 0 radical (unpaired) electrons. The van der Waals surface area contributed by atoms with Crippen molar-refractivity contribution in [1.82, 2.24) is 0 Å². The molecule has 0 aliphatic rings. The third-order valence-corrected chi connectivity index (χ3v) is 1.66. The predicted octanol–water partition coefficient (Wildman–Crippen LogP) is 2.17. The molecule has 0 saturated heterocycles. The third kappa shape index (κ3) is 10.9. The van der Waals surface area contributed by atoms with E-state index in [-0.39, 0.29) is 6.42 Å². The van der Waals surface area contributed by atoms with Crippen molar-refractivity contribution in [2.75, 3.05) is 0 Å². The molecule has 0 aliphatic carbocycles. The summed E-state index contributed by atoms with van der Waals surface area (Å²) in [5.41, 5.74) is 0. The van der Waals surface area contributed by atoms with Gasteiger partial charge in [-0.05, 0) is 19.3 Å². The van der Waals surface area contributed by atoms with E-state index in [1.54, 1.807) is 0 Å². The van der Waals surface area contributed by atoms with Crippen molar-refractivity contribution >= 4 is 12.3 Å². The second-order valence-corrected chi connectivity index (χ2v) is 2.87. The van der Waals surface area contributed by atoms with Gasteiger partial charge >= 0.3 is 5.97 Å². The standard InChI is InChI=1S/C10H16O3/c11-9-7-5-3-1-2-4-6-8-10(12)13/h3,5,9H,1-2,4,6-8H2,(H,12,13). The number of carbonyl (C=O) groups is 2. The number of carboxylic acids is 1. The molecule has 0 aromatic heterocycles. The Labute approximate surface area is 78.5 Å². The maximum Gasteiger partial charge on any atom is 0.303 e. The molecule has 0 bridgehead atoms. The molecule has 0 aromatic rings. The largest absolute Gasteiger partial charge is 0.481 e. The van der Waals surface area contributed by atoms with Crippen molar-refractivity contribution in [3.8, 4) is 0 Å². The quantitative estimate of drug-likeness (QED) is 0.357. The lowest BCUT2D eigenvalue weighted by Gasteiger charge is -1.94. The van der Waals surface area contributed by atoms with Crippen LogP contribution in [0.1, 0.15) is 38.5 Å². The van der Waals surface area contributed by atoms with Crippen LogP contribution in [0.2, 0.25) is 0 Å². The zero-order valence-corrected chi connectivity index (χ0v) is 7.74. The van der Waals surface area contributed by atoms with E-state index in [9.17, 15) is 9.59 Å². The Hall–Kier alpha value is -1.12. The van der Waals surface area contributed by atoms with Crippen molar-refractivity contribution in [3.63, 3.8) is 0 Å². The Morgan fingerprint density at radius 2 is 1.92 bits per heavy atom. The molecule has 0 atom stereocenters. The lowest BCUT2D eigenvalue weighted by atomic mass is 10.1. The summed E-state index contributed by atoms with van der Waals surface area (Å²) in [4.78, 5) is 20.0. The molecular formula is C10H16O3. The smallest absolute Gasteiger partial charge is 0.303 e. The van der Waals surface area contributed by atoms with Crippen LogP contribution in [-0.4, -0.2) is 17.4 Å². The van der Waals surface area contributed by atoms with Gasteiger partial charge in [0.15, 0.2) is 0 Å². The van der Waals surface area contributed by atoms with Crippen molar-refractivity contribution in [2.24, 2.45) is 0 Å². The van der Waals surface area contributed by atoms with E-state index >= 15 is 0 Å². The highest BCUT2D eigenvalue weighted by atomic mass is 16.4. The Morgan fingerprint density at radius 1 is 1.15 bits per heavy atom. The molecule has 0 heterocycles. The highest BCUT2D eigenvalue weighted by Crippen LogP contribution is 2.03. The van der Waals surface area contributed by atoms with Crippen LogP contribution in [0.4, 0.5) is 0 Å². The fourth-order valence-corrected chi connectivity index (χ4v) is 0.985. The zero-order chi connectivity index (χ0) is 9.94. The molecule has 0 rings (SSSR count). The molecule has 0 unspecified atom stereocenters. The van der Waals surface area contributed by atoms with Gasteiger partial charge in [0.25, 0.3) is 0 Å². The number of hydrogen-bond acceptors (Lipinski definition) is 2. The van der Waals surface area contributed by atoms with Crippen LogP contribution in [0.5, 0.6) is 0 Å². The highest BCUT2D eigenvalue weighted by Gasteiger charge is 1.94. The first-order valence-corrected chi connectivity index (χ1v) is 4.58. The van der Waals surface area contributed by atoms with Gasteiger partial charge in [-0.2, -0.15) is 0 Å². The highest BCUT2D eigenvalue weighted by molar-refractivity contribution is 5.66. The van der Waals surface area contributed by atoms with Gasteiger partial charge in [-0.25, -0.2) is 0 Å². The Morgan fingerprint density at radius 3 is 2.54 bits per heavy atom. The van der Waals surface area contributed by atoms with E-state index < -0.39 is 5.97 Å². The van der Waals surface area contributed by atoms with Crippen LogP contribution in [0.15, 0.2) is 12.2 Å². The van der Waals surface area contributed by atoms with Crippen molar-refractivity contribution in [3.05, 3.63) is 12.2 Å². The first-order chi connectivity index (χ1) is 6.27. The lowest BCUT2D eigenvalue weighted by molar-refractivity contribution is -0.137. The predicted molar refractivity (Wildman–Crippen MR) is 50.5 cm³/mol. The summed E-state index contributed by atoms with van der Waals surface area (Å²) in [6.45, 7) is 0. The van der Waals surface area contributed by atoms with Crippen molar-refractivity contribution < 1.29 is 14.7 Å². The van der Waals surface area contributed by atoms with Crippen LogP contribution in [0.25, 0.3) is 0 Å². The monoisotopic (exact) mass is 184 g/mol.